The molecule has 0 atom stereocenters. The molecule has 4 N–H and O–H groups in total. The Morgan fingerprint density at radius 3 is 1.37 bits per heavy atom. The lowest BCUT2D eigenvalue weighted by molar-refractivity contribution is -0.141. The number of ether oxygens (including phenoxy) is 2. The van der Waals surface area contributed by atoms with E-state index in [1.165, 1.54) is 38.6 Å². The quantitative estimate of drug-likeness (QED) is 0.0951. The van der Waals surface area contributed by atoms with Crippen LogP contribution >= 0.6 is 0 Å². The number of aromatic nitrogens is 2. The minimum atomic E-state index is -1.19. The molecule has 2 aromatic carbocycles. The van der Waals surface area contributed by atoms with Crippen LogP contribution in [0.2, 0.25) is 0 Å². The zero-order chi connectivity index (χ0) is 39.0. The van der Waals surface area contributed by atoms with E-state index >= 15 is 0 Å². The summed E-state index contributed by atoms with van der Waals surface area (Å²) in [7, 11) is 3.09. The van der Waals surface area contributed by atoms with Crippen LogP contribution < -0.4 is 31.2 Å². The molecule has 54 heavy (non-hydrogen) atoms. The number of aryl methyl sites for hydroxylation is 2. The molecule has 0 aliphatic rings. The van der Waals surface area contributed by atoms with Gasteiger partial charge in [0.25, 0.3) is 22.9 Å². The third-order valence-corrected chi connectivity index (χ3v) is 8.27. The number of carbonyl (C=O) groups is 4. The number of aliphatic carboxylic acids is 2. The number of rotatable bonds is 21. The van der Waals surface area contributed by atoms with Gasteiger partial charge in [-0.2, -0.15) is 0 Å². The van der Waals surface area contributed by atoms with E-state index in [-0.39, 0.29) is 75.1 Å². The Morgan fingerprint density at radius 2 is 0.981 bits per heavy atom. The van der Waals surface area contributed by atoms with Gasteiger partial charge >= 0.3 is 11.9 Å². The van der Waals surface area contributed by atoms with Crippen molar-refractivity contribution in [2.45, 2.75) is 13.2 Å². The average Bonchev–Trinajstić information content (AvgIpc) is 3.14. The molecule has 4 rings (SSSR count). The first kappa shape index (κ1) is 40.5. The van der Waals surface area contributed by atoms with Gasteiger partial charge in [0.2, 0.25) is 0 Å². The lowest BCUT2D eigenvalue weighted by Crippen LogP contribution is -2.45. The third kappa shape index (κ3) is 12.2. The van der Waals surface area contributed by atoms with E-state index in [0.717, 1.165) is 11.1 Å². The molecular weight excluding hydrogens is 700 g/mol. The largest absolute Gasteiger partial charge is 0.482 e. The molecule has 0 fully saturated rings. The van der Waals surface area contributed by atoms with Crippen molar-refractivity contribution in [1.29, 1.82) is 0 Å². The predicted molar refractivity (Wildman–Crippen MR) is 198 cm³/mol. The van der Waals surface area contributed by atoms with E-state index < -0.39 is 48.0 Å². The molecule has 0 aliphatic carbocycles. The molecule has 4 aromatic rings. The summed E-state index contributed by atoms with van der Waals surface area (Å²) in [5, 5.41) is 24.2. The highest BCUT2D eigenvalue weighted by Gasteiger charge is 2.21. The fourth-order valence-electron chi connectivity index (χ4n) is 5.37. The lowest BCUT2D eigenvalue weighted by Gasteiger charge is -2.26. The van der Waals surface area contributed by atoms with Crippen molar-refractivity contribution in [2.75, 3.05) is 52.4 Å². The maximum absolute atomic E-state index is 13.3. The molecule has 0 saturated carbocycles. The maximum Gasteiger partial charge on any atom is 0.317 e. The fraction of sp³-hybridized carbons (Fsp3) is 0.316. The number of hydrogen-bond donors (Lipinski definition) is 4. The van der Waals surface area contributed by atoms with Gasteiger partial charge in [-0.05, 0) is 23.3 Å². The van der Waals surface area contributed by atoms with Crippen molar-refractivity contribution in [1.82, 2.24) is 29.6 Å². The Morgan fingerprint density at radius 1 is 0.593 bits per heavy atom. The maximum atomic E-state index is 13.3. The Labute approximate surface area is 311 Å². The Hall–Kier alpha value is -6.26. The highest BCUT2D eigenvalue weighted by molar-refractivity contribution is 5.97. The predicted octanol–water partition coefficient (Wildman–Crippen LogP) is 1.18. The van der Waals surface area contributed by atoms with Gasteiger partial charge in [0.1, 0.15) is 13.2 Å². The molecule has 0 saturated heterocycles. The van der Waals surface area contributed by atoms with E-state index in [1.807, 2.05) is 65.6 Å². The van der Waals surface area contributed by atoms with E-state index in [0.29, 0.717) is 0 Å². The van der Waals surface area contributed by atoms with Crippen LogP contribution in [0.1, 0.15) is 31.8 Å². The number of carboxylic acid groups (broad SMARTS) is 2. The molecule has 0 radical (unpaired) electrons. The monoisotopic (exact) mass is 744 g/mol. The molecule has 16 heteroatoms. The van der Waals surface area contributed by atoms with Gasteiger partial charge in [0, 0.05) is 65.8 Å². The van der Waals surface area contributed by atoms with Gasteiger partial charge in [0.05, 0.1) is 24.2 Å². The molecular formula is C38H44N6O10. The van der Waals surface area contributed by atoms with Gasteiger partial charge < -0.3 is 39.5 Å². The minimum Gasteiger partial charge on any atom is -0.482 e. The van der Waals surface area contributed by atoms with Crippen molar-refractivity contribution >= 4 is 23.8 Å². The van der Waals surface area contributed by atoms with Crippen LogP contribution in [0.25, 0.3) is 0 Å². The molecule has 286 valence electrons. The summed E-state index contributed by atoms with van der Waals surface area (Å²) >= 11 is 0. The topological polar surface area (TPSA) is 202 Å². The molecule has 0 bridgehead atoms. The van der Waals surface area contributed by atoms with E-state index in [9.17, 15) is 39.0 Å². The second kappa shape index (κ2) is 20.1. The highest BCUT2D eigenvalue weighted by Crippen LogP contribution is 2.16. The number of carbonyl (C=O) groups excluding carboxylic acids is 2. The van der Waals surface area contributed by atoms with E-state index in [2.05, 4.69) is 10.6 Å². The van der Waals surface area contributed by atoms with Crippen LogP contribution in [0.15, 0.2) is 94.8 Å². The third-order valence-electron chi connectivity index (χ3n) is 8.27. The first-order valence-electron chi connectivity index (χ1n) is 17.1. The zero-order valence-electron chi connectivity index (χ0n) is 30.1. The number of benzene rings is 2. The van der Waals surface area contributed by atoms with Crippen molar-refractivity contribution < 1.29 is 38.9 Å². The van der Waals surface area contributed by atoms with Gasteiger partial charge in [-0.25, -0.2) is 0 Å². The van der Waals surface area contributed by atoms with Gasteiger partial charge in [-0.1, -0.05) is 60.7 Å². The van der Waals surface area contributed by atoms with Crippen molar-refractivity contribution in [3.05, 3.63) is 128 Å². The van der Waals surface area contributed by atoms with Crippen LogP contribution in [0.5, 0.6) is 11.5 Å². The van der Waals surface area contributed by atoms with E-state index in [1.54, 1.807) is 14.1 Å². The average molecular weight is 745 g/mol. The van der Waals surface area contributed by atoms with Crippen LogP contribution in [0, 0.1) is 0 Å². The molecule has 2 heterocycles. The molecule has 16 nitrogen and oxygen atoms in total. The van der Waals surface area contributed by atoms with Crippen molar-refractivity contribution in [3.8, 4) is 11.5 Å². The van der Waals surface area contributed by atoms with Crippen LogP contribution in [-0.2, 0) is 36.9 Å². The first-order chi connectivity index (χ1) is 25.9. The Balaban J connectivity index is 1.43. The van der Waals surface area contributed by atoms with Gasteiger partial charge in [-0.3, -0.25) is 38.6 Å². The molecule has 0 spiro atoms. The summed E-state index contributed by atoms with van der Waals surface area (Å²) < 4.78 is 14.2. The summed E-state index contributed by atoms with van der Waals surface area (Å²) in [6.07, 6.45) is 2.92. The molecule has 2 amide bonds. The van der Waals surface area contributed by atoms with Gasteiger partial charge in [0.15, 0.2) is 11.5 Å². The zero-order valence-corrected chi connectivity index (χ0v) is 30.1. The SMILES string of the molecule is Cn1ccc(C(=O)NCCN(CCNC(=O)c2ccn(C)c(=O)c2OCc2ccccc2)CCN(CC(=O)O)CC(=O)O)c(OCc2ccccc2)c1=O. The number of carboxylic acids is 2. The van der Waals surface area contributed by atoms with Crippen LogP contribution in [-0.4, -0.2) is 105 Å². The van der Waals surface area contributed by atoms with Gasteiger partial charge in [-0.15, -0.1) is 0 Å². The normalized spacial score (nSPS) is 11.0. The summed E-state index contributed by atoms with van der Waals surface area (Å²) in [4.78, 5) is 78.4. The molecule has 0 unspecified atom stereocenters. The van der Waals surface area contributed by atoms with Crippen LogP contribution in [0.4, 0.5) is 0 Å². The molecule has 2 aromatic heterocycles. The number of amides is 2. The van der Waals surface area contributed by atoms with Crippen molar-refractivity contribution in [2.24, 2.45) is 14.1 Å². The first-order valence-corrected chi connectivity index (χ1v) is 17.1. The van der Waals surface area contributed by atoms with Crippen molar-refractivity contribution in [3.63, 3.8) is 0 Å². The number of nitrogens with zero attached hydrogens (tertiary/aromatic N) is 4. The second-order valence-electron chi connectivity index (χ2n) is 12.3. The number of nitrogens with one attached hydrogen (secondary N) is 2. The Bertz CT molecular complexity index is 1880. The summed E-state index contributed by atoms with van der Waals surface area (Å²) in [6, 6.07) is 21.3. The Kier molecular flexibility index (Phi) is 15.1. The number of hydrogen-bond acceptors (Lipinski definition) is 10. The number of pyridine rings is 2. The fourth-order valence-corrected chi connectivity index (χ4v) is 5.37. The summed E-state index contributed by atoms with van der Waals surface area (Å²) in [6.45, 7) is -0.0687. The van der Waals surface area contributed by atoms with Crippen LogP contribution in [0.3, 0.4) is 0 Å². The standard InChI is InChI=1S/C38H44N6O10/c1-41-17-13-29(33(37(41)51)53-25-27-9-5-3-6-10-27)35(49)39-15-19-43(21-22-44(23-31(45)46)24-32(47)48)20-16-40-36(50)30-14-18-42(2)38(52)34(30)54-26-28-11-7-4-8-12-28/h3-14,17-18H,15-16,19-26H2,1-2H3,(H,39,49)(H,40,50)(H,45,46)(H,47,48). The smallest absolute Gasteiger partial charge is 0.317 e. The molecule has 0 aliphatic heterocycles. The highest BCUT2D eigenvalue weighted by atomic mass is 16.5. The van der Waals surface area contributed by atoms with E-state index in [4.69, 9.17) is 9.47 Å². The summed E-state index contributed by atoms with van der Waals surface area (Å²) in [5.41, 5.74) is 0.726. The lowest BCUT2D eigenvalue weighted by atomic mass is 10.2. The summed E-state index contributed by atoms with van der Waals surface area (Å²) in [5.74, 6) is -3.72. The minimum absolute atomic E-state index is 0.0428. The second-order valence-corrected chi connectivity index (χ2v) is 12.3.